The molecule has 2 atom stereocenters. The highest BCUT2D eigenvalue weighted by atomic mass is 16.2. The number of hydrogen-bond acceptors (Lipinski definition) is 2. The molecule has 122 valence electrons. The molecule has 4 heteroatoms. The van der Waals surface area contributed by atoms with E-state index < -0.39 is 0 Å². The lowest BCUT2D eigenvalue weighted by Crippen LogP contribution is -2.46. The van der Waals surface area contributed by atoms with Gasteiger partial charge in [-0.2, -0.15) is 0 Å². The molecular formula is C18H28N2O2. The summed E-state index contributed by atoms with van der Waals surface area (Å²) in [6.45, 7) is 6.51. The highest BCUT2D eigenvalue weighted by molar-refractivity contribution is 5.77. The van der Waals surface area contributed by atoms with Gasteiger partial charge < -0.3 is 10.6 Å². The van der Waals surface area contributed by atoms with Gasteiger partial charge in [0.05, 0.1) is 6.04 Å². The van der Waals surface area contributed by atoms with Crippen molar-refractivity contribution in [1.82, 2.24) is 10.6 Å². The molecule has 2 N–H and O–H groups in total. The first-order valence-corrected chi connectivity index (χ1v) is 8.19. The highest BCUT2D eigenvalue weighted by Crippen LogP contribution is 2.19. The van der Waals surface area contributed by atoms with Gasteiger partial charge in [-0.05, 0) is 18.4 Å². The average Bonchev–Trinajstić information content (AvgIpc) is 2.52. The number of carbonyl (C=O) groups excluding carboxylic acids is 2. The fourth-order valence-corrected chi connectivity index (χ4v) is 2.39. The zero-order valence-electron chi connectivity index (χ0n) is 13.9. The first kappa shape index (κ1) is 18.2. The van der Waals surface area contributed by atoms with Crippen LogP contribution in [0.4, 0.5) is 0 Å². The zero-order chi connectivity index (χ0) is 16.4. The van der Waals surface area contributed by atoms with Crippen LogP contribution in [0.2, 0.25) is 0 Å². The molecule has 0 radical (unpaired) electrons. The summed E-state index contributed by atoms with van der Waals surface area (Å²) in [4.78, 5) is 23.6. The van der Waals surface area contributed by atoms with Crippen molar-refractivity contribution < 1.29 is 9.59 Å². The Balaban J connectivity index is 2.72. The van der Waals surface area contributed by atoms with Crippen LogP contribution in [-0.2, 0) is 9.59 Å². The van der Waals surface area contributed by atoms with Gasteiger partial charge in [0.25, 0.3) is 0 Å². The minimum atomic E-state index is -0.0951. The molecule has 0 fully saturated rings. The molecular weight excluding hydrogens is 276 g/mol. The van der Waals surface area contributed by atoms with E-state index in [1.54, 1.807) is 0 Å². The summed E-state index contributed by atoms with van der Waals surface area (Å²) < 4.78 is 0. The van der Waals surface area contributed by atoms with Crippen molar-refractivity contribution in [2.45, 2.75) is 58.4 Å². The topological polar surface area (TPSA) is 58.2 Å². The number of carbonyl (C=O) groups is 2. The summed E-state index contributed by atoms with van der Waals surface area (Å²) >= 11 is 0. The van der Waals surface area contributed by atoms with Crippen LogP contribution >= 0.6 is 0 Å². The molecule has 0 saturated carbocycles. The molecule has 2 amide bonds. The maximum atomic E-state index is 11.9. The number of nitrogens with one attached hydrogen (secondary N) is 2. The Morgan fingerprint density at radius 2 is 1.59 bits per heavy atom. The predicted octanol–water partition coefficient (Wildman–Crippen LogP) is 2.99. The maximum Gasteiger partial charge on any atom is 0.220 e. The number of benzene rings is 1. The van der Waals surface area contributed by atoms with Gasteiger partial charge in [0, 0.05) is 25.3 Å². The molecule has 0 unspecified atom stereocenters. The Hall–Kier alpha value is -1.84. The van der Waals surface area contributed by atoms with Crippen LogP contribution in [0.1, 0.15) is 57.9 Å². The van der Waals surface area contributed by atoms with E-state index in [1.807, 2.05) is 32.0 Å². The number of hydrogen-bond donors (Lipinski definition) is 2. The summed E-state index contributed by atoms with van der Waals surface area (Å²) in [5.41, 5.74) is 1.16. The maximum absolute atomic E-state index is 11.9. The molecule has 0 aromatic heterocycles. The molecule has 0 heterocycles. The standard InChI is InChI=1S/C18H28N2O2/c1-4-9-17(21)19-13-16(20-18(22)10-5-2)14(3)15-11-7-6-8-12-15/h6-8,11-12,14,16H,4-5,9-10,13H2,1-3H3,(H,19,21)(H,20,22)/t14-,16-/m1/s1. The average molecular weight is 304 g/mol. The third-order valence-corrected chi connectivity index (χ3v) is 3.75. The van der Waals surface area contributed by atoms with Crippen LogP contribution < -0.4 is 10.6 Å². The van der Waals surface area contributed by atoms with Gasteiger partial charge >= 0.3 is 0 Å². The first-order chi connectivity index (χ1) is 10.6. The Kier molecular flexibility index (Phi) is 8.26. The quantitative estimate of drug-likeness (QED) is 0.737. The van der Waals surface area contributed by atoms with Crippen molar-refractivity contribution in [2.75, 3.05) is 6.54 Å². The molecule has 0 aliphatic rings. The van der Waals surface area contributed by atoms with Gasteiger partial charge in [0.2, 0.25) is 11.8 Å². The van der Waals surface area contributed by atoms with E-state index in [9.17, 15) is 9.59 Å². The molecule has 0 aliphatic carbocycles. The summed E-state index contributed by atoms with van der Waals surface area (Å²) in [6.07, 6.45) is 2.68. The summed E-state index contributed by atoms with van der Waals surface area (Å²) in [5, 5.41) is 5.99. The molecule has 1 rings (SSSR count). The predicted molar refractivity (Wildman–Crippen MR) is 89.6 cm³/mol. The van der Waals surface area contributed by atoms with Crippen molar-refractivity contribution >= 4 is 11.8 Å². The highest BCUT2D eigenvalue weighted by Gasteiger charge is 2.21. The zero-order valence-corrected chi connectivity index (χ0v) is 13.9. The molecule has 1 aromatic carbocycles. The van der Waals surface area contributed by atoms with Crippen LogP contribution in [0.25, 0.3) is 0 Å². The van der Waals surface area contributed by atoms with E-state index in [0.717, 1.165) is 18.4 Å². The fraction of sp³-hybridized carbons (Fsp3) is 0.556. The molecule has 4 nitrogen and oxygen atoms in total. The van der Waals surface area contributed by atoms with E-state index in [2.05, 4.69) is 29.7 Å². The fourth-order valence-electron chi connectivity index (χ4n) is 2.39. The van der Waals surface area contributed by atoms with Crippen LogP contribution in [-0.4, -0.2) is 24.4 Å². The molecule has 1 aromatic rings. The smallest absolute Gasteiger partial charge is 0.220 e. The van der Waals surface area contributed by atoms with Crippen LogP contribution in [0.15, 0.2) is 30.3 Å². The molecule has 0 spiro atoms. The third-order valence-electron chi connectivity index (χ3n) is 3.75. The van der Waals surface area contributed by atoms with Crippen molar-refractivity contribution in [2.24, 2.45) is 0 Å². The second-order valence-electron chi connectivity index (χ2n) is 5.68. The Morgan fingerprint density at radius 3 is 2.18 bits per heavy atom. The molecule has 0 aliphatic heterocycles. The largest absolute Gasteiger partial charge is 0.354 e. The van der Waals surface area contributed by atoms with E-state index in [0.29, 0.717) is 19.4 Å². The van der Waals surface area contributed by atoms with Gasteiger partial charge in [-0.3, -0.25) is 9.59 Å². The van der Waals surface area contributed by atoms with Crippen LogP contribution in [0, 0.1) is 0 Å². The molecule has 0 saturated heterocycles. The Labute approximate surface area is 133 Å². The van der Waals surface area contributed by atoms with Crippen LogP contribution in [0.5, 0.6) is 0 Å². The monoisotopic (exact) mass is 304 g/mol. The molecule has 0 bridgehead atoms. The van der Waals surface area contributed by atoms with E-state index >= 15 is 0 Å². The lowest BCUT2D eigenvalue weighted by Gasteiger charge is -2.26. The normalized spacial score (nSPS) is 13.2. The second-order valence-corrected chi connectivity index (χ2v) is 5.68. The summed E-state index contributed by atoms with van der Waals surface area (Å²) in [6, 6.07) is 9.97. The lowest BCUT2D eigenvalue weighted by atomic mass is 9.93. The van der Waals surface area contributed by atoms with E-state index in [-0.39, 0.29) is 23.8 Å². The van der Waals surface area contributed by atoms with Gasteiger partial charge in [-0.15, -0.1) is 0 Å². The van der Waals surface area contributed by atoms with Gasteiger partial charge in [0.15, 0.2) is 0 Å². The Morgan fingerprint density at radius 1 is 1.00 bits per heavy atom. The minimum Gasteiger partial charge on any atom is -0.354 e. The van der Waals surface area contributed by atoms with Crippen molar-refractivity contribution in [3.8, 4) is 0 Å². The Bertz CT molecular complexity index is 459. The second kappa shape index (κ2) is 9.98. The number of amides is 2. The van der Waals surface area contributed by atoms with E-state index in [4.69, 9.17) is 0 Å². The molecule has 22 heavy (non-hydrogen) atoms. The lowest BCUT2D eigenvalue weighted by molar-refractivity contribution is -0.123. The minimum absolute atomic E-state index is 0.0394. The summed E-state index contributed by atoms with van der Waals surface area (Å²) in [7, 11) is 0. The summed E-state index contributed by atoms with van der Waals surface area (Å²) in [5.74, 6) is 0.224. The number of rotatable bonds is 9. The van der Waals surface area contributed by atoms with Crippen molar-refractivity contribution in [1.29, 1.82) is 0 Å². The SMILES string of the molecule is CCCC(=O)NC[C@@H](NC(=O)CCC)[C@H](C)c1ccccc1. The van der Waals surface area contributed by atoms with E-state index in [1.165, 1.54) is 0 Å². The first-order valence-electron chi connectivity index (χ1n) is 8.19. The third kappa shape index (κ3) is 6.29. The van der Waals surface area contributed by atoms with Crippen molar-refractivity contribution in [3.63, 3.8) is 0 Å². The van der Waals surface area contributed by atoms with Gasteiger partial charge in [-0.25, -0.2) is 0 Å². The van der Waals surface area contributed by atoms with Crippen LogP contribution in [0.3, 0.4) is 0 Å². The van der Waals surface area contributed by atoms with Gasteiger partial charge in [0.1, 0.15) is 0 Å². The van der Waals surface area contributed by atoms with Gasteiger partial charge in [-0.1, -0.05) is 51.1 Å². The van der Waals surface area contributed by atoms with Crippen molar-refractivity contribution in [3.05, 3.63) is 35.9 Å².